The SMILES string of the molecule is CCOC(=O)C1=C(C)NC(C)=C(C(=O)OCC)C1c1ccccc1S(=O)(=O)C(F)F. The van der Waals surface area contributed by atoms with Gasteiger partial charge in [0.25, 0.3) is 0 Å². The number of dihydropyridines is 1. The molecule has 0 saturated heterocycles. The first kappa shape index (κ1) is 23.5. The number of sulfone groups is 1. The highest BCUT2D eigenvalue weighted by atomic mass is 32.2. The fourth-order valence-corrected chi connectivity index (χ4v) is 4.31. The number of hydrogen-bond acceptors (Lipinski definition) is 7. The first-order valence-corrected chi connectivity index (χ1v) is 10.8. The highest BCUT2D eigenvalue weighted by Crippen LogP contribution is 2.42. The summed E-state index contributed by atoms with van der Waals surface area (Å²) in [7, 11) is -5.02. The zero-order valence-corrected chi connectivity index (χ0v) is 17.8. The van der Waals surface area contributed by atoms with Crippen molar-refractivity contribution in [2.75, 3.05) is 13.2 Å². The van der Waals surface area contributed by atoms with Crippen molar-refractivity contribution < 1.29 is 36.3 Å². The summed E-state index contributed by atoms with van der Waals surface area (Å²) in [5, 5.41) is 2.90. The van der Waals surface area contributed by atoms with Gasteiger partial charge in [0, 0.05) is 11.4 Å². The largest absolute Gasteiger partial charge is 0.463 e. The van der Waals surface area contributed by atoms with Crippen molar-refractivity contribution >= 4 is 21.8 Å². The molecular weight excluding hydrogens is 420 g/mol. The molecule has 1 N–H and O–H groups in total. The number of allylic oxidation sites excluding steroid dienone is 2. The predicted molar refractivity (Wildman–Crippen MR) is 104 cm³/mol. The van der Waals surface area contributed by atoms with E-state index in [2.05, 4.69) is 5.32 Å². The normalized spacial score (nSPS) is 15.3. The van der Waals surface area contributed by atoms with Crippen LogP contribution in [0.2, 0.25) is 0 Å². The quantitative estimate of drug-likeness (QED) is 0.647. The number of carbonyl (C=O) groups is 2. The minimum absolute atomic E-state index is 0.0246. The van der Waals surface area contributed by atoms with E-state index < -0.39 is 38.3 Å². The highest BCUT2D eigenvalue weighted by molar-refractivity contribution is 7.91. The Kier molecular flexibility index (Phi) is 7.35. The molecule has 1 heterocycles. The van der Waals surface area contributed by atoms with Gasteiger partial charge in [-0.15, -0.1) is 0 Å². The summed E-state index contributed by atoms with van der Waals surface area (Å²) in [6, 6.07) is 5.05. The van der Waals surface area contributed by atoms with E-state index in [0.717, 1.165) is 6.07 Å². The summed E-state index contributed by atoms with van der Waals surface area (Å²) in [4.78, 5) is 24.8. The maximum absolute atomic E-state index is 13.3. The minimum Gasteiger partial charge on any atom is -0.463 e. The van der Waals surface area contributed by atoms with E-state index in [1.807, 2.05) is 0 Å². The maximum atomic E-state index is 13.3. The smallest absolute Gasteiger partial charge is 0.341 e. The monoisotopic (exact) mass is 443 g/mol. The van der Waals surface area contributed by atoms with Gasteiger partial charge in [0.2, 0.25) is 9.84 Å². The van der Waals surface area contributed by atoms with E-state index in [1.165, 1.54) is 18.2 Å². The van der Waals surface area contributed by atoms with Gasteiger partial charge in [0.1, 0.15) is 0 Å². The molecule has 0 aliphatic carbocycles. The van der Waals surface area contributed by atoms with Gasteiger partial charge < -0.3 is 14.8 Å². The Labute approximate surface area is 173 Å². The molecule has 1 aromatic carbocycles. The topological polar surface area (TPSA) is 98.8 Å². The summed E-state index contributed by atoms with van der Waals surface area (Å²) < 4.78 is 61.5. The standard InChI is InChI=1S/C20H23F2NO6S/c1-5-28-18(24)15-11(3)23-12(4)16(19(25)29-6-2)17(15)13-9-7-8-10-14(13)30(26,27)20(21)22/h7-10,17,20,23H,5-6H2,1-4H3. The molecule has 1 aliphatic rings. The predicted octanol–water partition coefficient (Wildman–Crippen LogP) is 3.04. The lowest BCUT2D eigenvalue weighted by atomic mass is 9.80. The number of carbonyl (C=O) groups excluding carboxylic acids is 2. The van der Waals surface area contributed by atoms with Gasteiger partial charge in [-0.2, -0.15) is 8.78 Å². The molecule has 10 heteroatoms. The van der Waals surface area contributed by atoms with Crippen LogP contribution in [0.1, 0.15) is 39.2 Å². The Morgan fingerprint density at radius 2 is 1.47 bits per heavy atom. The van der Waals surface area contributed by atoms with Gasteiger partial charge in [-0.05, 0) is 39.3 Å². The average Bonchev–Trinajstić information content (AvgIpc) is 2.67. The Bertz CT molecular complexity index is 974. The van der Waals surface area contributed by atoms with Crippen LogP contribution >= 0.6 is 0 Å². The zero-order valence-electron chi connectivity index (χ0n) is 17.0. The van der Waals surface area contributed by atoms with E-state index >= 15 is 0 Å². The molecule has 0 atom stereocenters. The van der Waals surface area contributed by atoms with E-state index in [9.17, 15) is 26.8 Å². The lowest BCUT2D eigenvalue weighted by Gasteiger charge is -2.31. The Balaban J connectivity index is 2.86. The number of esters is 2. The first-order valence-electron chi connectivity index (χ1n) is 9.21. The van der Waals surface area contributed by atoms with Crippen molar-refractivity contribution in [1.82, 2.24) is 5.32 Å². The molecule has 2 rings (SSSR count). The summed E-state index contributed by atoms with van der Waals surface area (Å²) in [5.74, 6) is -6.54. The number of nitrogens with one attached hydrogen (secondary N) is 1. The van der Waals surface area contributed by atoms with Crippen LogP contribution < -0.4 is 5.32 Å². The second kappa shape index (κ2) is 9.38. The number of alkyl halides is 2. The molecule has 0 unspecified atom stereocenters. The van der Waals surface area contributed by atoms with Crippen LogP contribution in [0, 0.1) is 0 Å². The van der Waals surface area contributed by atoms with Gasteiger partial charge in [-0.1, -0.05) is 18.2 Å². The van der Waals surface area contributed by atoms with Crippen LogP contribution in [0.5, 0.6) is 0 Å². The minimum atomic E-state index is -5.02. The van der Waals surface area contributed by atoms with E-state index in [4.69, 9.17) is 9.47 Å². The molecule has 0 aromatic heterocycles. The van der Waals surface area contributed by atoms with Crippen LogP contribution in [-0.2, 0) is 28.9 Å². The van der Waals surface area contributed by atoms with Crippen LogP contribution in [0.3, 0.4) is 0 Å². The molecule has 30 heavy (non-hydrogen) atoms. The van der Waals surface area contributed by atoms with Crippen molar-refractivity contribution in [3.63, 3.8) is 0 Å². The molecule has 0 bridgehead atoms. The van der Waals surface area contributed by atoms with E-state index in [0.29, 0.717) is 11.4 Å². The third-order valence-corrected chi connectivity index (χ3v) is 5.98. The van der Waals surface area contributed by atoms with Crippen molar-refractivity contribution in [1.29, 1.82) is 0 Å². The fraction of sp³-hybridized carbons (Fsp3) is 0.400. The molecule has 164 valence electrons. The molecule has 1 aromatic rings. The molecule has 0 spiro atoms. The lowest BCUT2D eigenvalue weighted by molar-refractivity contribution is -0.139. The van der Waals surface area contributed by atoms with Crippen LogP contribution in [-0.4, -0.2) is 39.3 Å². The summed E-state index contributed by atoms with van der Waals surface area (Å²) >= 11 is 0. The number of halogens is 2. The van der Waals surface area contributed by atoms with Crippen molar-refractivity contribution in [2.24, 2.45) is 0 Å². The second-order valence-corrected chi connectivity index (χ2v) is 8.31. The highest BCUT2D eigenvalue weighted by Gasteiger charge is 2.41. The Morgan fingerprint density at radius 1 is 1.00 bits per heavy atom. The number of benzene rings is 1. The van der Waals surface area contributed by atoms with Crippen molar-refractivity contribution in [3.8, 4) is 0 Å². The Morgan fingerprint density at radius 3 is 1.90 bits per heavy atom. The molecule has 0 radical (unpaired) electrons. The number of ether oxygens (including phenoxy) is 2. The maximum Gasteiger partial charge on any atom is 0.341 e. The van der Waals surface area contributed by atoms with Crippen molar-refractivity contribution in [3.05, 3.63) is 52.4 Å². The molecule has 1 aliphatic heterocycles. The number of rotatable bonds is 7. The van der Waals surface area contributed by atoms with Crippen LogP contribution in [0.4, 0.5) is 8.78 Å². The lowest BCUT2D eigenvalue weighted by Crippen LogP contribution is -2.33. The molecule has 7 nitrogen and oxygen atoms in total. The third kappa shape index (κ3) is 4.38. The Hall–Kier alpha value is -2.75. The summed E-state index contributed by atoms with van der Waals surface area (Å²) in [5.41, 5.74) is 0.385. The molecule has 0 fully saturated rings. The van der Waals surface area contributed by atoms with Gasteiger partial charge in [0.15, 0.2) is 0 Å². The third-order valence-electron chi connectivity index (χ3n) is 4.52. The van der Waals surface area contributed by atoms with Crippen molar-refractivity contribution in [2.45, 2.75) is 44.3 Å². The zero-order chi connectivity index (χ0) is 22.6. The van der Waals surface area contributed by atoms with Crippen LogP contribution in [0.25, 0.3) is 0 Å². The van der Waals surface area contributed by atoms with Gasteiger partial charge in [-0.25, -0.2) is 18.0 Å². The van der Waals surface area contributed by atoms with E-state index in [-0.39, 0.29) is 29.9 Å². The van der Waals surface area contributed by atoms with Crippen LogP contribution in [0.15, 0.2) is 51.7 Å². The summed E-state index contributed by atoms with van der Waals surface area (Å²) in [6.45, 7) is 6.32. The first-order chi connectivity index (χ1) is 14.1. The number of hydrogen-bond donors (Lipinski definition) is 1. The molecule has 0 saturated carbocycles. The van der Waals surface area contributed by atoms with Gasteiger partial charge >= 0.3 is 17.7 Å². The van der Waals surface area contributed by atoms with E-state index in [1.54, 1.807) is 27.7 Å². The fourth-order valence-electron chi connectivity index (χ4n) is 3.34. The van der Waals surface area contributed by atoms with Gasteiger partial charge in [-0.3, -0.25) is 0 Å². The molecular formula is C20H23F2NO6S. The molecule has 0 amide bonds. The average molecular weight is 443 g/mol. The summed E-state index contributed by atoms with van der Waals surface area (Å²) in [6.07, 6.45) is 0. The van der Waals surface area contributed by atoms with Gasteiger partial charge in [0.05, 0.1) is 35.2 Å². The second-order valence-electron chi connectivity index (χ2n) is 6.42.